The van der Waals surface area contributed by atoms with Crippen LogP contribution in [0.1, 0.15) is 24.8 Å². The van der Waals surface area contributed by atoms with E-state index in [-0.39, 0.29) is 34.6 Å². The molecule has 0 saturated carbocycles. The molecule has 0 bridgehead atoms. The van der Waals surface area contributed by atoms with Crippen LogP contribution < -0.4 is 19.5 Å². The van der Waals surface area contributed by atoms with Gasteiger partial charge in [0.25, 0.3) is 0 Å². The second-order valence-corrected chi connectivity index (χ2v) is 13.8. The van der Waals surface area contributed by atoms with Crippen molar-refractivity contribution in [1.29, 1.82) is 0 Å². The lowest BCUT2D eigenvalue weighted by Crippen LogP contribution is -2.47. The molecule has 4 rings (SSSR count). The molecule has 11 nitrogen and oxygen atoms in total. The zero-order valence-corrected chi connectivity index (χ0v) is 24.1. The van der Waals surface area contributed by atoms with Crippen molar-refractivity contribution >= 4 is 20.0 Å². The van der Waals surface area contributed by atoms with Gasteiger partial charge in [-0.15, -0.1) is 0 Å². The summed E-state index contributed by atoms with van der Waals surface area (Å²) in [5.41, 5.74) is 0.378. The van der Waals surface area contributed by atoms with Gasteiger partial charge < -0.3 is 24.6 Å². The molecule has 0 aromatic heterocycles. The van der Waals surface area contributed by atoms with Crippen LogP contribution in [0.3, 0.4) is 0 Å². The number of rotatable bonds is 11. The van der Waals surface area contributed by atoms with Crippen LogP contribution in [-0.2, 0) is 24.8 Å². The lowest BCUT2D eigenvalue weighted by molar-refractivity contribution is -0.0312. The predicted octanol–water partition coefficient (Wildman–Crippen LogP) is 1.25. The molecule has 2 saturated heterocycles. The molecule has 2 aromatic carbocycles. The number of benzene rings is 2. The number of methoxy groups -OCH3 is 1. The number of piperidine rings is 1. The van der Waals surface area contributed by atoms with Crippen molar-refractivity contribution in [3.05, 3.63) is 48.0 Å². The van der Waals surface area contributed by atoms with E-state index in [9.17, 15) is 21.9 Å². The van der Waals surface area contributed by atoms with Crippen molar-refractivity contribution in [3.63, 3.8) is 0 Å². The maximum absolute atomic E-state index is 13.2. The first-order valence-electron chi connectivity index (χ1n) is 12.8. The van der Waals surface area contributed by atoms with Gasteiger partial charge in [0.1, 0.15) is 24.2 Å². The number of nitrogens with one attached hydrogen (secondary N) is 2. The number of ether oxygens (including phenoxy) is 3. The summed E-state index contributed by atoms with van der Waals surface area (Å²) in [5, 5.41) is 13.7. The highest BCUT2D eigenvalue weighted by Gasteiger charge is 2.44. The summed E-state index contributed by atoms with van der Waals surface area (Å²) in [6.07, 6.45) is 1.10. The monoisotopic (exact) mass is 583 g/mol. The fraction of sp³-hybridized carbons (Fsp3) is 0.538. The van der Waals surface area contributed by atoms with Crippen molar-refractivity contribution in [2.75, 3.05) is 47.0 Å². The van der Waals surface area contributed by atoms with E-state index in [2.05, 4.69) is 10.0 Å². The van der Waals surface area contributed by atoms with Crippen LogP contribution in [0.2, 0.25) is 0 Å². The van der Waals surface area contributed by atoms with Crippen molar-refractivity contribution in [1.82, 2.24) is 14.3 Å². The highest BCUT2D eigenvalue weighted by Crippen LogP contribution is 2.37. The molecule has 39 heavy (non-hydrogen) atoms. The largest absolute Gasteiger partial charge is 0.496 e. The van der Waals surface area contributed by atoms with E-state index in [0.717, 1.165) is 12.0 Å². The molecule has 1 spiro atoms. The molecule has 2 aliphatic rings. The van der Waals surface area contributed by atoms with E-state index in [1.165, 1.54) is 23.5 Å². The minimum absolute atomic E-state index is 0.00751. The second kappa shape index (κ2) is 12.1. The zero-order chi connectivity index (χ0) is 28.3. The normalized spacial score (nSPS) is 20.7. The molecule has 2 aliphatic heterocycles. The zero-order valence-electron chi connectivity index (χ0n) is 22.4. The minimum Gasteiger partial charge on any atom is -0.496 e. The summed E-state index contributed by atoms with van der Waals surface area (Å²) in [6, 6.07) is 11.0. The minimum atomic E-state index is -3.61. The van der Waals surface area contributed by atoms with Crippen molar-refractivity contribution in [2.45, 2.75) is 53.7 Å². The summed E-state index contributed by atoms with van der Waals surface area (Å²) in [4.78, 5) is 0.344. The van der Waals surface area contributed by atoms with Crippen molar-refractivity contribution in [2.24, 2.45) is 0 Å². The third-order valence-electron chi connectivity index (χ3n) is 7.32. The summed E-state index contributed by atoms with van der Waals surface area (Å²) in [7, 11) is -4.30. The van der Waals surface area contributed by atoms with Gasteiger partial charge in [-0.1, -0.05) is 6.07 Å². The Kier molecular flexibility index (Phi) is 9.21. The average molecular weight is 584 g/mol. The highest BCUT2D eigenvalue weighted by molar-refractivity contribution is 7.89. The molecular formula is C26H37N3O8S2. The van der Waals surface area contributed by atoms with Gasteiger partial charge >= 0.3 is 0 Å². The van der Waals surface area contributed by atoms with Crippen LogP contribution >= 0.6 is 0 Å². The molecule has 2 atom stereocenters. The molecule has 3 N–H and O–H groups in total. The van der Waals surface area contributed by atoms with Gasteiger partial charge in [-0.05, 0) is 69.1 Å². The van der Waals surface area contributed by atoms with Gasteiger partial charge in [0.05, 0.1) is 29.1 Å². The Labute approximate surface area is 230 Å². The number of aliphatic hydroxyl groups is 1. The van der Waals surface area contributed by atoms with E-state index in [1.807, 2.05) is 6.92 Å². The molecule has 0 aliphatic carbocycles. The van der Waals surface area contributed by atoms with Crippen molar-refractivity contribution < 1.29 is 36.2 Å². The maximum Gasteiger partial charge on any atom is 0.243 e. The topological polar surface area (TPSA) is 144 Å². The molecule has 0 amide bonds. The molecule has 2 fully saturated rings. The second-order valence-electron chi connectivity index (χ2n) is 9.99. The number of aliphatic hydroxyl groups excluding tert-OH is 1. The summed E-state index contributed by atoms with van der Waals surface area (Å²) < 4.78 is 71.1. The third kappa shape index (κ3) is 6.91. The fourth-order valence-corrected chi connectivity index (χ4v) is 7.31. The SMILES string of the molecule is CNS(=O)(=O)c1cccc(OCC(O)CNC2COC3(CCN(S(=O)(=O)c4ccc(OC)c(C)c4)CC3)C2)c1. The molecular weight excluding hydrogens is 546 g/mol. The Hall–Kier alpha value is -2.26. The smallest absolute Gasteiger partial charge is 0.243 e. The fourth-order valence-electron chi connectivity index (χ4n) is 5.02. The first kappa shape index (κ1) is 29.7. The maximum atomic E-state index is 13.2. The predicted molar refractivity (Wildman–Crippen MR) is 145 cm³/mol. The summed E-state index contributed by atoms with van der Waals surface area (Å²) in [5.74, 6) is 0.996. The van der Waals surface area contributed by atoms with E-state index < -0.39 is 26.2 Å². The van der Waals surface area contributed by atoms with Crippen LogP contribution in [0.5, 0.6) is 11.5 Å². The molecule has 2 aromatic rings. The molecule has 2 heterocycles. The van der Waals surface area contributed by atoms with E-state index in [4.69, 9.17) is 14.2 Å². The van der Waals surface area contributed by atoms with E-state index in [0.29, 0.717) is 44.0 Å². The third-order valence-corrected chi connectivity index (χ3v) is 10.6. The number of hydrogen-bond acceptors (Lipinski definition) is 9. The van der Waals surface area contributed by atoms with Crippen LogP contribution in [-0.4, -0.2) is 91.0 Å². The number of sulfonamides is 2. The standard InChI is InChI=1S/C26H37N3O8S2/c1-19-13-24(7-8-25(19)35-3)39(33,34)29-11-9-26(10-12-29)15-20(17-37-26)28-16-21(30)18-36-22-5-4-6-23(14-22)38(31,32)27-2/h4-8,13-14,20-21,27-28,30H,9-12,15-18H2,1-3H3. The van der Waals surface area contributed by atoms with Gasteiger partial charge in [0.2, 0.25) is 20.0 Å². The van der Waals surface area contributed by atoms with Crippen molar-refractivity contribution in [3.8, 4) is 11.5 Å². The molecule has 2 unspecified atom stereocenters. The first-order valence-corrected chi connectivity index (χ1v) is 15.8. The van der Waals surface area contributed by atoms with E-state index >= 15 is 0 Å². The number of aryl methyl sites for hydroxylation is 1. The lowest BCUT2D eigenvalue weighted by atomic mass is 9.88. The van der Waals surface area contributed by atoms with Crippen LogP contribution in [0.4, 0.5) is 0 Å². The lowest BCUT2D eigenvalue weighted by Gasteiger charge is -2.38. The van der Waals surface area contributed by atoms with Crippen LogP contribution in [0.25, 0.3) is 0 Å². The van der Waals surface area contributed by atoms with Gasteiger partial charge in [-0.2, -0.15) is 4.31 Å². The Morgan fingerprint density at radius 3 is 2.54 bits per heavy atom. The quantitative estimate of drug-likeness (QED) is 0.356. The van der Waals surface area contributed by atoms with Gasteiger partial charge in [0, 0.05) is 31.7 Å². The molecule has 216 valence electrons. The average Bonchev–Trinajstić information content (AvgIpc) is 3.33. The Morgan fingerprint density at radius 1 is 1.13 bits per heavy atom. The Bertz CT molecular complexity index is 1360. The molecule has 0 radical (unpaired) electrons. The number of hydrogen-bond donors (Lipinski definition) is 3. The Morgan fingerprint density at radius 2 is 1.87 bits per heavy atom. The first-order chi connectivity index (χ1) is 18.5. The van der Waals surface area contributed by atoms with Crippen LogP contribution in [0.15, 0.2) is 52.3 Å². The summed E-state index contributed by atoms with van der Waals surface area (Å²) in [6.45, 7) is 3.31. The van der Waals surface area contributed by atoms with E-state index in [1.54, 1.807) is 37.4 Å². The molecule has 13 heteroatoms. The van der Waals surface area contributed by atoms with Gasteiger partial charge in [-0.25, -0.2) is 21.6 Å². The van der Waals surface area contributed by atoms with Crippen LogP contribution in [0, 0.1) is 6.92 Å². The Balaban J connectivity index is 1.24. The summed E-state index contributed by atoms with van der Waals surface area (Å²) >= 11 is 0. The highest BCUT2D eigenvalue weighted by atomic mass is 32.2. The van der Waals surface area contributed by atoms with Gasteiger partial charge in [-0.3, -0.25) is 0 Å². The number of nitrogens with zero attached hydrogens (tertiary/aromatic N) is 1. The van der Waals surface area contributed by atoms with Gasteiger partial charge in [0.15, 0.2) is 0 Å².